The van der Waals surface area contributed by atoms with Gasteiger partial charge in [-0.3, -0.25) is 4.79 Å². The second kappa shape index (κ2) is 5.29. The molecule has 0 fully saturated rings. The third-order valence-corrected chi connectivity index (χ3v) is 3.35. The van der Waals surface area contributed by atoms with Crippen molar-refractivity contribution in [2.24, 2.45) is 5.73 Å². The second-order valence-corrected chi connectivity index (χ2v) is 4.40. The summed E-state index contributed by atoms with van der Waals surface area (Å²) in [6, 6.07) is 6.66. The summed E-state index contributed by atoms with van der Waals surface area (Å²) in [4.78, 5) is 11.3. The molecule has 1 aromatic carbocycles. The van der Waals surface area contributed by atoms with Crippen LogP contribution in [0, 0.1) is 0 Å². The lowest BCUT2D eigenvalue weighted by Gasteiger charge is -2.24. The normalized spacial score (nSPS) is 16.2. The minimum absolute atomic E-state index is 0.122. The third-order valence-electron chi connectivity index (χ3n) is 3.35. The number of carbonyl (C=O) groups is 1. The van der Waals surface area contributed by atoms with E-state index in [9.17, 15) is 9.90 Å². The Balaban J connectivity index is 3.05. The predicted molar refractivity (Wildman–Crippen MR) is 65.7 cm³/mol. The van der Waals surface area contributed by atoms with Crippen LogP contribution in [0.15, 0.2) is 24.3 Å². The van der Waals surface area contributed by atoms with Crippen LogP contribution in [0.1, 0.15) is 37.4 Å². The molecule has 94 valence electrons. The van der Waals surface area contributed by atoms with Gasteiger partial charge in [0, 0.05) is 0 Å². The average Bonchev–Trinajstić information content (AvgIpc) is 2.36. The zero-order chi connectivity index (χ0) is 13.1. The van der Waals surface area contributed by atoms with Gasteiger partial charge in [-0.15, -0.1) is 0 Å². The van der Waals surface area contributed by atoms with E-state index in [2.05, 4.69) is 0 Å². The van der Waals surface area contributed by atoms with Crippen molar-refractivity contribution in [3.8, 4) is 0 Å². The first kappa shape index (κ1) is 13.7. The molecule has 4 N–H and O–H groups in total. The van der Waals surface area contributed by atoms with Crippen molar-refractivity contribution in [2.45, 2.75) is 31.7 Å². The quantitative estimate of drug-likeness (QED) is 0.723. The van der Waals surface area contributed by atoms with Gasteiger partial charge in [0.1, 0.15) is 0 Å². The van der Waals surface area contributed by atoms with E-state index in [0.29, 0.717) is 6.42 Å². The summed E-state index contributed by atoms with van der Waals surface area (Å²) >= 11 is 0. The molecule has 1 rings (SSSR count). The van der Waals surface area contributed by atoms with E-state index in [1.54, 1.807) is 31.2 Å². The van der Waals surface area contributed by atoms with Crippen molar-refractivity contribution in [3.05, 3.63) is 35.4 Å². The molecule has 0 aliphatic rings. The van der Waals surface area contributed by atoms with Crippen LogP contribution >= 0.6 is 0 Å². The van der Waals surface area contributed by atoms with Gasteiger partial charge in [0.2, 0.25) is 0 Å². The largest absolute Gasteiger partial charge is 0.481 e. The number of nitrogens with two attached hydrogens (primary N) is 1. The second-order valence-electron chi connectivity index (χ2n) is 4.40. The SMILES string of the molecule is CCC(C)(C(=O)O)c1ccc([C@H](N)CO)cc1. The van der Waals surface area contributed by atoms with Gasteiger partial charge in [-0.25, -0.2) is 0 Å². The molecule has 1 unspecified atom stereocenters. The Morgan fingerprint density at radius 1 is 1.41 bits per heavy atom. The number of carboxylic acid groups (broad SMARTS) is 1. The van der Waals surface area contributed by atoms with Crippen molar-refractivity contribution >= 4 is 5.97 Å². The van der Waals surface area contributed by atoms with Gasteiger partial charge in [-0.2, -0.15) is 0 Å². The summed E-state index contributed by atoms with van der Waals surface area (Å²) < 4.78 is 0. The highest BCUT2D eigenvalue weighted by Gasteiger charge is 2.32. The number of hydrogen-bond donors (Lipinski definition) is 3. The minimum Gasteiger partial charge on any atom is -0.481 e. The van der Waals surface area contributed by atoms with E-state index >= 15 is 0 Å². The Hall–Kier alpha value is -1.39. The molecular formula is C13H19NO3. The average molecular weight is 237 g/mol. The van der Waals surface area contributed by atoms with Crippen LogP contribution in [0.4, 0.5) is 0 Å². The van der Waals surface area contributed by atoms with Crippen LogP contribution in [0.25, 0.3) is 0 Å². The van der Waals surface area contributed by atoms with Crippen molar-refractivity contribution in [1.82, 2.24) is 0 Å². The first-order chi connectivity index (χ1) is 7.95. The van der Waals surface area contributed by atoms with Crippen molar-refractivity contribution in [2.75, 3.05) is 6.61 Å². The summed E-state index contributed by atoms with van der Waals surface area (Å²) in [6.45, 7) is 3.43. The van der Waals surface area contributed by atoms with E-state index in [1.807, 2.05) is 6.92 Å². The lowest BCUT2D eigenvalue weighted by atomic mass is 9.80. The molecule has 17 heavy (non-hydrogen) atoms. The molecule has 4 heteroatoms. The number of hydrogen-bond acceptors (Lipinski definition) is 3. The Morgan fingerprint density at radius 3 is 2.29 bits per heavy atom. The van der Waals surface area contributed by atoms with Gasteiger partial charge in [-0.1, -0.05) is 31.2 Å². The Kier molecular flexibility index (Phi) is 4.26. The van der Waals surface area contributed by atoms with Crippen LogP contribution in [-0.2, 0) is 10.2 Å². The van der Waals surface area contributed by atoms with Gasteiger partial charge in [0.25, 0.3) is 0 Å². The van der Waals surface area contributed by atoms with Crippen molar-refractivity contribution in [3.63, 3.8) is 0 Å². The van der Waals surface area contributed by atoms with Crippen LogP contribution < -0.4 is 5.73 Å². The zero-order valence-electron chi connectivity index (χ0n) is 10.2. The maximum Gasteiger partial charge on any atom is 0.313 e. The van der Waals surface area contributed by atoms with Gasteiger partial charge >= 0.3 is 5.97 Å². The summed E-state index contributed by atoms with van der Waals surface area (Å²) in [7, 11) is 0. The molecule has 0 aromatic heterocycles. The maximum absolute atomic E-state index is 11.3. The summed E-state index contributed by atoms with van der Waals surface area (Å²) in [5.41, 5.74) is 6.36. The van der Waals surface area contributed by atoms with Crippen LogP contribution in [-0.4, -0.2) is 22.8 Å². The maximum atomic E-state index is 11.3. The summed E-state index contributed by atoms with van der Waals surface area (Å²) in [5.74, 6) is -0.834. The number of aliphatic hydroxyl groups excluding tert-OH is 1. The predicted octanol–water partition coefficient (Wildman–Crippen LogP) is 1.43. The summed E-state index contributed by atoms with van der Waals surface area (Å²) in [5, 5.41) is 18.2. The molecular weight excluding hydrogens is 218 g/mol. The van der Waals surface area contributed by atoms with Crippen molar-refractivity contribution < 1.29 is 15.0 Å². The van der Waals surface area contributed by atoms with Gasteiger partial charge in [-0.05, 0) is 24.5 Å². The fourth-order valence-corrected chi connectivity index (χ4v) is 1.68. The number of carboxylic acids is 1. The third kappa shape index (κ3) is 2.65. The molecule has 4 nitrogen and oxygen atoms in total. The highest BCUT2D eigenvalue weighted by atomic mass is 16.4. The number of rotatable bonds is 5. The monoisotopic (exact) mass is 237 g/mol. The molecule has 0 heterocycles. The lowest BCUT2D eigenvalue weighted by Crippen LogP contribution is -2.31. The highest BCUT2D eigenvalue weighted by Crippen LogP contribution is 2.28. The number of aliphatic hydroxyl groups is 1. The fourth-order valence-electron chi connectivity index (χ4n) is 1.68. The minimum atomic E-state index is -0.873. The molecule has 0 bridgehead atoms. The zero-order valence-corrected chi connectivity index (χ0v) is 10.2. The molecule has 0 aliphatic heterocycles. The Bertz CT molecular complexity index is 388. The Morgan fingerprint density at radius 2 is 1.94 bits per heavy atom. The van der Waals surface area contributed by atoms with E-state index in [0.717, 1.165) is 11.1 Å². The molecule has 1 aromatic rings. The molecule has 0 radical (unpaired) electrons. The van der Waals surface area contributed by atoms with E-state index in [1.165, 1.54) is 0 Å². The van der Waals surface area contributed by atoms with Crippen LogP contribution in [0.2, 0.25) is 0 Å². The summed E-state index contributed by atoms with van der Waals surface area (Å²) in [6.07, 6.45) is 0.522. The van der Waals surface area contributed by atoms with Gasteiger partial charge in [0.15, 0.2) is 0 Å². The molecule has 0 amide bonds. The van der Waals surface area contributed by atoms with Crippen molar-refractivity contribution in [1.29, 1.82) is 0 Å². The highest BCUT2D eigenvalue weighted by molar-refractivity contribution is 5.80. The molecule has 0 aliphatic carbocycles. The molecule has 2 atom stereocenters. The van der Waals surface area contributed by atoms with Gasteiger partial charge in [0.05, 0.1) is 18.1 Å². The molecule has 0 saturated heterocycles. The fraction of sp³-hybridized carbons (Fsp3) is 0.462. The van der Waals surface area contributed by atoms with Crippen LogP contribution in [0.5, 0.6) is 0 Å². The molecule has 0 saturated carbocycles. The molecule has 0 spiro atoms. The smallest absolute Gasteiger partial charge is 0.313 e. The van der Waals surface area contributed by atoms with Gasteiger partial charge < -0.3 is 15.9 Å². The number of benzene rings is 1. The standard InChI is InChI=1S/C13H19NO3/c1-3-13(2,12(16)17)10-6-4-9(5-7-10)11(14)8-15/h4-7,11,15H,3,8,14H2,1-2H3,(H,16,17)/t11-,13?/m1/s1. The Labute approximate surface area is 101 Å². The first-order valence-corrected chi connectivity index (χ1v) is 5.66. The lowest BCUT2D eigenvalue weighted by molar-refractivity contribution is -0.143. The van der Waals surface area contributed by atoms with E-state index < -0.39 is 17.4 Å². The van der Waals surface area contributed by atoms with E-state index in [-0.39, 0.29) is 6.61 Å². The van der Waals surface area contributed by atoms with E-state index in [4.69, 9.17) is 10.8 Å². The van der Waals surface area contributed by atoms with Crippen LogP contribution in [0.3, 0.4) is 0 Å². The topological polar surface area (TPSA) is 83.5 Å². The first-order valence-electron chi connectivity index (χ1n) is 5.66. The number of aliphatic carboxylic acids is 1.